The topological polar surface area (TPSA) is 93.4 Å². The zero-order valence-corrected chi connectivity index (χ0v) is 22.1. The van der Waals surface area contributed by atoms with E-state index in [1.807, 2.05) is 0 Å². The summed E-state index contributed by atoms with van der Waals surface area (Å²) in [6, 6.07) is 15.2. The number of hydrogen-bond donors (Lipinski definition) is 0. The van der Waals surface area contributed by atoms with Crippen LogP contribution in [0.3, 0.4) is 0 Å². The Labute approximate surface area is 221 Å². The first-order valence-electron chi connectivity index (χ1n) is 11.0. The van der Waals surface area contributed by atoms with Crippen LogP contribution in [0, 0.1) is 0 Å². The van der Waals surface area contributed by atoms with Crippen molar-refractivity contribution >= 4 is 38.9 Å². The maximum Gasteiger partial charge on any atom is 0.336 e. The molecule has 1 aromatic heterocycles. The standard InChI is InChI=1S/C28H23BrO8/c1-32-21-11-9-16(13-22(21)33-2)10-12-24(30)37-28-25(31)18-7-5-6-8-20(18)36-26(28)17-14-19(29)27(35-4)23(15-17)34-3/h5-15H,1-4H3/b12-10+. The second-order valence-corrected chi connectivity index (χ2v) is 8.50. The van der Waals surface area contributed by atoms with Crippen molar-refractivity contribution in [2.75, 3.05) is 28.4 Å². The number of fused-ring (bicyclic) bond motifs is 1. The number of benzene rings is 3. The van der Waals surface area contributed by atoms with Gasteiger partial charge in [0.15, 0.2) is 28.8 Å². The number of carbonyl (C=O) groups is 1. The number of rotatable bonds is 8. The molecular weight excluding hydrogens is 544 g/mol. The summed E-state index contributed by atoms with van der Waals surface area (Å²) in [5.74, 6) is 0.978. The van der Waals surface area contributed by atoms with Crippen LogP contribution >= 0.6 is 15.9 Å². The summed E-state index contributed by atoms with van der Waals surface area (Å²) in [6.45, 7) is 0. The van der Waals surface area contributed by atoms with E-state index in [1.165, 1.54) is 34.5 Å². The highest BCUT2D eigenvalue weighted by Gasteiger charge is 2.22. The zero-order chi connectivity index (χ0) is 26.5. The summed E-state index contributed by atoms with van der Waals surface area (Å²) in [5.41, 5.74) is 0.966. The van der Waals surface area contributed by atoms with Gasteiger partial charge in [-0.1, -0.05) is 18.2 Å². The fourth-order valence-electron chi connectivity index (χ4n) is 3.71. The van der Waals surface area contributed by atoms with Crippen LogP contribution in [0.2, 0.25) is 0 Å². The van der Waals surface area contributed by atoms with Crippen molar-refractivity contribution < 1.29 is 32.9 Å². The molecule has 0 spiro atoms. The van der Waals surface area contributed by atoms with Gasteiger partial charge in [-0.15, -0.1) is 0 Å². The molecule has 1 heterocycles. The van der Waals surface area contributed by atoms with Crippen molar-refractivity contribution in [3.8, 4) is 40.1 Å². The molecule has 190 valence electrons. The van der Waals surface area contributed by atoms with Gasteiger partial charge < -0.3 is 28.1 Å². The summed E-state index contributed by atoms with van der Waals surface area (Å²) in [5, 5.41) is 0.275. The van der Waals surface area contributed by atoms with Gasteiger partial charge in [0.2, 0.25) is 11.2 Å². The number of carbonyl (C=O) groups excluding carboxylic acids is 1. The first-order valence-corrected chi connectivity index (χ1v) is 11.8. The predicted octanol–water partition coefficient (Wildman–Crippen LogP) is 5.88. The normalized spacial score (nSPS) is 10.9. The molecule has 0 aliphatic heterocycles. The Bertz CT molecular complexity index is 1550. The van der Waals surface area contributed by atoms with Crippen LogP contribution in [0.1, 0.15) is 5.56 Å². The van der Waals surface area contributed by atoms with Crippen molar-refractivity contribution in [1.29, 1.82) is 0 Å². The molecule has 4 rings (SSSR count). The molecule has 0 unspecified atom stereocenters. The van der Waals surface area contributed by atoms with Crippen LogP contribution in [0.5, 0.6) is 28.7 Å². The second-order valence-electron chi connectivity index (χ2n) is 7.65. The molecule has 0 radical (unpaired) electrons. The Morgan fingerprint density at radius 2 is 1.57 bits per heavy atom. The lowest BCUT2D eigenvalue weighted by Gasteiger charge is -2.14. The summed E-state index contributed by atoms with van der Waals surface area (Å²) in [7, 11) is 6.06. The van der Waals surface area contributed by atoms with Crippen molar-refractivity contribution in [3.05, 3.63) is 80.9 Å². The maximum absolute atomic E-state index is 13.4. The average Bonchev–Trinajstić information content (AvgIpc) is 2.92. The van der Waals surface area contributed by atoms with Gasteiger partial charge in [0.25, 0.3) is 0 Å². The van der Waals surface area contributed by atoms with Crippen LogP contribution < -0.4 is 29.1 Å². The highest BCUT2D eigenvalue weighted by Crippen LogP contribution is 2.41. The molecule has 3 aromatic carbocycles. The minimum atomic E-state index is -0.766. The molecule has 0 atom stereocenters. The average molecular weight is 567 g/mol. The van der Waals surface area contributed by atoms with Crippen LogP contribution in [0.15, 0.2) is 74.4 Å². The molecule has 0 saturated carbocycles. The third-order valence-electron chi connectivity index (χ3n) is 5.47. The number of methoxy groups -OCH3 is 4. The predicted molar refractivity (Wildman–Crippen MR) is 143 cm³/mol. The molecule has 0 fully saturated rings. The Balaban J connectivity index is 1.77. The molecule has 0 N–H and O–H groups in total. The van der Waals surface area contributed by atoms with Gasteiger partial charge in [-0.2, -0.15) is 0 Å². The Hall–Kier alpha value is -4.24. The molecule has 0 bridgehead atoms. The van der Waals surface area contributed by atoms with Crippen LogP contribution in [-0.2, 0) is 4.79 Å². The van der Waals surface area contributed by atoms with E-state index in [9.17, 15) is 9.59 Å². The summed E-state index contributed by atoms with van der Waals surface area (Å²) < 4.78 is 33.5. The van der Waals surface area contributed by atoms with Crippen molar-refractivity contribution in [3.63, 3.8) is 0 Å². The molecule has 0 aliphatic rings. The molecule has 37 heavy (non-hydrogen) atoms. The zero-order valence-electron chi connectivity index (χ0n) is 20.5. The van der Waals surface area contributed by atoms with E-state index in [2.05, 4.69) is 15.9 Å². The lowest BCUT2D eigenvalue weighted by molar-refractivity contribution is -0.129. The Kier molecular flexibility index (Phi) is 7.83. The van der Waals surface area contributed by atoms with Crippen LogP contribution in [-0.4, -0.2) is 34.4 Å². The quantitative estimate of drug-likeness (QED) is 0.193. The monoisotopic (exact) mass is 566 g/mol. The first-order chi connectivity index (χ1) is 17.9. The Morgan fingerprint density at radius 3 is 2.27 bits per heavy atom. The largest absolute Gasteiger partial charge is 0.493 e. The molecule has 4 aromatic rings. The van der Waals surface area contributed by atoms with Gasteiger partial charge in [0.05, 0.1) is 38.3 Å². The molecule has 0 saturated heterocycles. The fourth-order valence-corrected chi connectivity index (χ4v) is 4.32. The second kappa shape index (κ2) is 11.2. The molecule has 0 amide bonds. The SMILES string of the molecule is COc1ccc(/C=C/C(=O)Oc2c(-c3cc(Br)c(OC)c(OC)c3)oc3ccccc3c2=O)cc1OC. The molecular formula is C28H23BrO8. The first kappa shape index (κ1) is 25.8. The summed E-state index contributed by atoms with van der Waals surface area (Å²) in [6.07, 6.45) is 2.75. The number of ether oxygens (including phenoxy) is 5. The van der Waals surface area contributed by atoms with Gasteiger partial charge in [-0.05, 0) is 64.0 Å². The van der Waals surface area contributed by atoms with Crippen molar-refractivity contribution in [2.24, 2.45) is 0 Å². The van der Waals surface area contributed by atoms with Crippen LogP contribution in [0.25, 0.3) is 28.4 Å². The Morgan fingerprint density at radius 1 is 0.838 bits per heavy atom. The van der Waals surface area contributed by atoms with Gasteiger partial charge in [-0.25, -0.2) is 4.79 Å². The van der Waals surface area contributed by atoms with Gasteiger partial charge in [-0.3, -0.25) is 4.79 Å². The fraction of sp³-hybridized carbons (Fsp3) is 0.143. The van der Waals surface area contributed by atoms with E-state index in [1.54, 1.807) is 60.7 Å². The lowest BCUT2D eigenvalue weighted by Crippen LogP contribution is -2.14. The molecule has 9 heteroatoms. The number of para-hydroxylation sites is 1. The highest BCUT2D eigenvalue weighted by atomic mass is 79.9. The van der Waals surface area contributed by atoms with Crippen molar-refractivity contribution in [1.82, 2.24) is 0 Å². The maximum atomic E-state index is 13.4. The molecule has 0 aliphatic carbocycles. The number of halogens is 1. The summed E-state index contributed by atoms with van der Waals surface area (Å²) >= 11 is 3.45. The third kappa shape index (κ3) is 5.31. The van der Waals surface area contributed by atoms with E-state index >= 15 is 0 Å². The number of esters is 1. The van der Waals surface area contributed by atoms with Gasteiger partial charge in [0.1, 0.15) is 5.58 Å². The highest BCUT2D eigenvalue weighted by molar-refractivity contribution is 9.10. The van der Waals surface area contributed by atoms with Crippen LogP contribution in [0.4, 0.5) is 0 Å². The van der Waals surface area contributed by atoms with E-state index in [0.717, 1.165) is 0 Å². The van der Waals surface area contributed by atoms with Gasteiger partial charge in [0, 0.05) is 11.6 Å². The van der Waals surface area contributed by atoms with Crippen molar-refractivity contribution in [2.45, 2.75) is 0 Å². The van der Waals surface area contributed by atoms with E-state index < -0.39 is 11.4 Å². The smallest absolute Gasteiger partial charge is 0.336 e. The third-order valence-corrected chi connectivity index (χ3v) is 6.06. The minimum absolute atomic E-state index is 0.0678. The van der Waals surface area contributed by atoms with E-state index in [4.69, 9.17) is 28.1 Å². The minimum Gasteiger partial charge on any atom is -0.493 e. The van der Waals surface area contributed by atoms with Gasteiger partial charge >= 0.3 is 5.97 Å². The van der Waals surface area contributed by atoms with E-state index in [-0.39, 0.29) is 16.9 Å². The molecule has 8 nitrogen and oxygen atoms in total. The lowest BCUT2D eigenvalue weighted by atomic mass is 10.1. The summed E-state index contributed by atoms with van der Waals surface area (Å²) in [4.78, 5) is 26.2. The number of hydrogen-bond acceptors (Lipinski definition) is 8. The van der Waals surface area contributed by atoms with E-state index in [0.29, 0.717) is 44.2 Å².